The van der Waals surface area contributed by atoms with Crippen LogP contribution in [0, 0.1) is 0 Å². The maximum atomic E-state index is 11.9. The van der Waals surface area contributed by atoms with Crippen LogP contribution in [0.1, 0.15) is 31.8 Å². The zero-order chi connectivity index (χ0) is 28.1. The van der Waals surface area contributed by atoms with E-state index in [2.05, 4.69) is 15.0 Å². The van der Waals surface area contributed by atoms with Crippen LogP contribution in [0.5, 0.6) is 5.75 Å². The quantitative estimate of drug-likeness (QED) is 0.253. The van der Waals surface area contributed by atoms with Crippen LogP contribution < -0.4 is 4.74 Å². The third kappa shape index (κ3) is 5.89. The third-order valence-corrected chi connectivity index (χ3v) is 5.98. The highest BCUT2D eigenvalue weighted by atomic mass is 16.5. The molecule has 0 radical (unpaired) electrons. The number of hydrogen-bond donors (Lipinski definition) is 2. The monoisotopic (exact) mass is 530 g/mol. The van der Waals surface area contributed by atoms with E-state index < -0.39 is 11.9 Å². The number of ether oxygens (including phenoxy) is 1. The summed E-state index contributed by atoms with van der Waals surface area (Å²) >= 11 is 0. The van der Waals surface area contributed by atoms with E-state index in [9.17, 15) is 19.8 Å². The predicted molar refractivity (Wildman–Crippen MR) is 150 cm³/mol. The SMILES string of the molecule is COc1ccc(/C=C/c2ccnc(-c3cccc(-c4cc(C(=O)O)cc(-c5cc(C(=O)O)ccn5)n4)n3)c2)cc1. The molecule has 4 heterocycles. The first-order chi connectivity index (χ1) is 19.4. The number of benzene rings is 1. The van der Waals surface area contributed by atoms with Crippen molar-refractivity contribution in [1.29, 1.82) is 0 Å². The Morgan fingerprint density at radius 1 is 0.625 bits per heavy atom. The van der Waals surface area contributed by atoms with Crippen molar-refractivity contribution in [2.24, 2.45) is 0 Å². The van der Waals surface area contributed by atoms with Gasteiger partial charge in [0.1, 0.15) is 5.75 Å². The third-order valence-electron chi connectivity index (χ3n) is 5.98. The zero-order valence-corrected chi connectivity index (χ0v) is 21.2. The summed E-state index contributed by atoms with van der Waals surface area (Å²) in [7, 11) is 1.63. The Morgan fingerprint density at radius 3 is 1.85 bits per heavy atom. The van der Waals surface area contributed by atoms with E-state index in [1.807, 2.05) is 54.6 Å². The number of nitrogens with zero attached hydrogens (tertiary/aromatic N) is 4. The Kier molecular flexibility index (Phi) is 7.36. The molecule has 0 unspecified atom stereocenters. The molecule has 9 nitrogen and oxygen atoms in total. The van der Waals surface area contributed by atoms with Gasteiger partial charge in [0, 0.05) is 12.4 Å². The van der Waals surface area contributed by atoms with Gasteiger partial charge in [0.05, 0.1) is 52.4 Å². The highest BCUT2D eigenvalue weighted by molar-refractivity contribution is 5.91. The molecule has 40 heavy (non-hydrogen) atoms. The number of aromatic nitrogens is 4. The number of rotatable bonds is 8. The minimum absolute atomic E-state index is 0.0150. The summed E-state index contributed by atoms with van der Waals surface area (Å²) in [5.41, 5.74) is 4.31. The molecule has 2 N–H and O–H groups in total. The molecule has 5 aromatic rings. The standard InChI is InChI=1S/C31H22N4O5/c1-40-23-9-7-19(8-10-23)5-6-20-11-13-32-26(15-20)24-3-2-4-25(34-24)28-17-22(31(38)39)18-29(35-28)27-16-21(30(36)37)12-14-33-27/h2-18H,1H3,(H,36,37)(H,38,39)/b6-5+. The van der Waals surface area contributed by atoms with Crippen LogP contribution in [0.3, 0.4) is 0 Å². The average molecular weight is 531 g/mol. The number of hydrogen-bond acceptors (Lipinski definition) is 7. The van der Waals surface area contributed by atoms with Crippen LogP contribution in [0.4, 0.5) is 0 Å². The Morgan fingerprint density at radius 2 is 1.18 bits per heavy atom. The summed E-state index contributed by atoms with van der Waals surface area (Å²) in [4.78, 5) is 41.2. The minimum atomic E-state index is -1.16. The number of methoxy groups -OCH3 is 1. The molecule has 9 heteroatoms. The Hall–Kier alpha value is -5.70. The molecule has 0 aliphatic heterocycles. The molecule has 0 spiro atoms. The number of carboxylic acids is 2. The van der Waals surface area contributed by atoms with Gasteiger partial charge in [-0.2, -0.15) is 0 Å². The van der Waals surface area contributed by atoms with Crippen molar-refractivity contribution >= 4 is 24.1 Å². The van der Waals surface area contributed by atoms with Crippen molar-refractivity contribution in [1.82, 2.24) is 19.9 Å². The van der Waals surface area contributed by atoms with Gasteiger partial charge in [-0.15, -0.1) is 0 Å². The summed E-state index contributed by atoms with van der Waals surface area (Å²) in [5.74, 6) is -1.50. The maximum absolute atomic E-state index is 11.9. The zero-order valence-electron chi connectivity index (χ0n) is 21.2. The second-order valence-corrected chi connectivity index (χ2v) is 8.66. The molecule has 4 aromatic heterocycles. The van der Waals surface area contributed by atoms with Gasteiger partial charge in [-0.3, -0.25) is 9.97 Å². The number of carbonyl (C=O) groups is 2. The second-order valence-electron chi connectivity index (χ2n) is 8.66. The summed E-state index contributed by atoms with van der Waals surface area (Å²) in [6.45, 7) is 0. The molecule has 196 valence electrons. The van der Waals surface area contributed by atoms with E-state index >= 15 is 0 Å². The molecule has 0 bridgehead atoms. The number of carboxylic acid groups (broad SMARTS) is 2. The fourth-order valence-electron chi connectivity index (χ4n) is 3.94. The van der Waals surface area contributed by atoms with Crippen LogP contribution >= 0.6 is 0 Å². The highest BCUT2D eigenvalue weighted by Crippen LogP contribution is 2.26. The minimum Gasteiger partial charge on any atom is -0.497 e. The van der Waals surface area contributed by atoms with Gasteiger partial charge in [-0.25, -0.2) is 19.6 Å². The predicted octanol–water partition coefficient (Wildman–Crippen LogP) is 5.84. The van der Waals surface area contributed by atoms with Crippen LogP contribution in [-0.2, 0) is 0 Å². The van der Waals surface area contributed by atoms with Crippen LogP contribution in [0.2, 0.25) is 0 Å². The molecule has 0 aliphatic carbocycles. The van der Waals surface area contributed by atoms with E-state index in [1.165, 1.54) is 30.5 Å². The largest absolute Gasteiger partial charge is 0.497 e. The van der Waals surface area contributed by atoms with Crippen LogP contribution in [0.25, 0.3) is 46.3 Å². The van der Waals surface area contributed by atoms with Crippen molar-refractivity contribution in [3.8, 4) is 39.9 Å². The van der Waals surface area contributed by atoms with E-state index in [4.69, 9.17) is 9.72 Å². The molecular formula is C31H22N4O5. The van der Waals surface area contributed by atoms with Crippen LogP contribution in [0.15, 0.2) is 91.3 Å². The number of pyridine rings is 4. The van der Waals surface area contributed by atoms with Gasteiger partial charge < -0.3 is 14.9 Å². The first-order valence-corrected chi connectivity index (χ1v) is 12.1. The van der Waals surface area contributed by atoms with Gasteiger partial charge in [-0.05, 0) is 71.8 Å². The normalized spacial score (nSPS) is 10.9. The molecule has 0 amide bonds. The fourth-order valence-corrected chi connectivity index (χ4v) is 3.94. The molecular weight excluding hydrogens is 508 g/mol. The van der Waals surface area contributed by atoms with Gasteiger partial charge >= 0.3 is 11.9 Å². The lowest BCUT2D eigenvalue weighted by atomic mass is 10.1. The van der Waals surface area contributed by atoms with Crippen molar-refractivity contribution in [2.45, 2.75) is 0 Å². The molecule has 1 aromatic carbocycles. The van der Waals surface area contributed by atoms with Gasteiger partial charge in [0.2, 0.25) is 0 Å². The summed E-state index contributed by atoms with van der Waals surface area (Å²) in [6.07, 6.45) is 6.99. The maximum Gasteiger partial charge on any atom is 0.335 e. The van der Waals surface area contributed by atoms with Crippen molar-refractivity contribution < 1.29 is 24.5 Å². The Balaban J connectivity index is 1.49. The number of aromatic carboxylic acids is 2. The molecule has 0 saturated carbocycles. The van der Waals surface area contributed by atoms with Gasteiger partial charge in [0.25, 0.3) is 0 Å². The van der Waals surface area contributed by atoms with Gasteiger partial charge in [0.15, 0.2) is 0 Å². The summed E-state index contributed by atoms with van der Waals surface area (Å²) < 4.78 is 5.20. The van der Waals surface area contributed by atoms with Crippen molar-refractivity contribution in [3.05, 3.63) is 114 Å². The summed E-state index contributed by atoms with van der Waals surface area (Å²) in [5, 5.41) is 19.0. The molecule has 0 fully saturated rings. The smallest absolute Gasteiger partial charge is 0.335 e. The van der Waals surface area contributed by atoms with E-state index in [1.54, 1.807) is 25.4 Å². The van der Waals surface area contributed by atoms with Gasteiger partial charge in [-0.1, -0.05) is 30.4 Å². The molecule has 0 atom stereocenters. The first kappa shape index (κ1) is 25.9. The average Bonchev–Trinajstić information content (AvgIpc) is 3.00. The lowest BCUT2D eigenvalue weighted by Gasteiger charge is -2.09. The molecule has 5 rings (SSSR count). The Labute approximate surface area is 229 Å². The van der Waals surface area contributed by atoms with E-state index in [0.29, 0.717) is 22.8 Å². The Bertz CT molecular complexity index is 1750. The van der Waals surface area contributed by atoms with Crippen LogP contribution in [-0.4, -0.2) is 49.2 Å². The highest BCUT2D eigenvalue weighted by Gasteiger charge is 2.15. The second kappa shape index (κ2) is 11.4. The fraction of sp³-hybridized carbons (Fsp3) is 0.0323. The lowest BCUT2D eigenvalue weighted by molar-refractivity contribution is 0.0686. The van der Waals surface area contributed by atoms with Crippen molar-refractivity contribution in [3.63, 3.8) is 0 Å². The lowest BCUT2D eigenvalue weighted by Crippen LogP contribution is -2.02. The molecule has 0 saturated heterocycles. The van der Waals surface area contributed by atoms with Crippen molar-refractivity contribution in [2.75, 3.05) is 7.11 Å². The summed E-state index contributed by atoms with van der Waals surface area (Å²) in [6, 6.07) is 22.3. The van der Waals surface area contributed by atoms with E-state index in [-0.39, 0.29) is 22.5 Å². The van der Waals surface area contributed by atoms with E-state index in [0.717, 1.165) is 16.9 Å². The topological polar surface area (TPSA) is 135 Å². The molecule has 0 aliphatic rings. The first-order valence-electron chi connectivity index (χ1n) is 12.1.